The van der Waals surface area contributed by atoms with Gasteiger partial charge >= 0.3 is 0 Å². The van der Waals surface area contributed by atoms with Crippen molar-refractivity contribution in [3.8, 4) is 22.8 Å². The first-order chi connectivity index (χ1) is 21.4. The van der Waals surface area contributed by atoms with E-state index in [1.165, 1.54) is 18.2 Å². The van der Waals surface area contributed by atoms with Crippen LogP contribution in [-0.4, -0.2) is 53.9 Å². The smallest absolute Gasteiger partial charge is 0.256 e. The molecule has 1 aromatic heterocycles. The monoisotopic (exact) mass is 597 g/mol. The normalized spacial score (nSPS) is 14.5. The molecule has 2 aliphatic heterocycles. The number of hydrogen-bond donors (Lipinski definition) is 0. The Morgan fingerprint density at radius 3 is 2.27 bits per heavy atom. The largest absolute Gasteiger partial charge is 0.497 e. The predicted molar refractivity (Wildman–Crippen MR) is 162 cm³/mol. The van der Waals surface area contributed by atoms with E-state index in [1.54, 1.807) is 49.5 Å². The van der Waals surface area contributed by atoms with E-state index in [4.69, 9.17) is 9.47 Å². The highest BCUT2D eigenvalue weighted by atomic mass is 19.1. The molecular formula is C35H33F2N3O4. The maximum absolute atomic E-state index is 14.9. The van der Waals surface area contributed by atoms with Gasteiger partial charge in [-0.3, -0.25) is 9.59 Å². The van der Waals surface area contributed by atoms with Crippen LogP contribution in [0.25, 0.3) is 11.3 Å². The van der Waals surface area contributed by atoms with Gasteiger partial charge in [0.25, 0.3) is 11.8 Å². The highest BCUT2D eigenvalue weighted by Gasteiger charge is 2.33. The number of pyridine rings is 1. The Balaban J connectivity index is 1.34. The van der Waals surface area contributed by atoms with Crippen molar-refractivity contribution in [2.24, 2.45) is 0 Å². The van der Waals surface area contributed by atoms with Crippen LogP contribution in [0.4, 0.5) is 8.78 Å². The van der Waals surface area contributed by atoms with E-state index in [-0.39, 0.29) is 36.2 Å². The molecule has 0 N–H and O–H groups in total. The summed E-state index contributed by atoms with van der Waals surface area (Å²) in [6, 6.07) is 18.0. The number of methoxy groups -OCH3 is 2. The highest BCUT2D eigenvalue weighted by Crippen LogP contribution is 2.35. The SMILES string of the molecule is COc1ccc(CN2Cc3nc(-c4c(F)cccc4F)cc(Cc4ccc(C(=O)N5CCCCC5)cc4)c3C2=O)c(OC)c1. The summed E-state index contributed by atoms with van der Waals surface area (Å²) in [5.41, 5.74) is 3.63. The number of rotatable bonds is 8. The third kappa shape index (κ3) is 5.74. The minimum absolute atomic E-state index is 0.0122. The second-order valence-electron chi connectivity index (χ2n) is 11.2. The summed E-state index contributed by atoms with van der Waals surface area (Å²) < 4.78 is 40.6. The summed E-state index contributed by atoms with van der Waals surface area (Å²) in [4.78, 5) is 35.0. The second-order valence-corrected chi connectivity index (χ2v) is 11.2. The fraction of sp³-hybridized carbons (Fsp3) is 0.286. The van der Waals surface area contributed by atoms with Crippen LogP contribution in [0.3, 0.4) is 0 Å². The Labute approximate surface area is 255 Å². The molecular weight excluding hydrogens is 564 g/mol. The molecule has 0 spiro atoms. The van der Waals surface area contributed by atoms with Crippen LogP contribution in [-0.2, 0) is 19.5 Å². The van der Waals surface area contributed by atoms with Crippen LogP contribution in [0, 0.1) is 11.6 Å². The molecule has 2 amide bonds. The lowest BCUT2D eigenvalue weighted by Gasteiger charge is -2.26. The minimum atomic E-state index is -0.729. The third-order valence-corrected chi connectivity index (χ3v) is 8.33. The zero-order chi connectivity index (χ0) is 30.8. The van der Waals surface area contributed by atoms with Crippen molar-refractivity contribution < 1.29 is 27.8 Å². The lowest BCUT2D eigenvalue weighted by molar-refractivity contribution is 0.0723. The molecule has 0 saturated carbocycles. The maximum Gasteiger partial charge on any atom is 0.256 e. The second kappa shape index (κ2) is 12.4. The Morgan fingerprint density at radius 1 is 0.864 bits per heavy atom. The van der Waals surface area contributed by atoms with Crippen molar-refractivity contribution in [2.75, 3.05) is 27.3 Å². The summed E-state index contributed by atoms with van der Waals surface area (Å²) in [6.45, 7) is 1.95. The Bertz CT molecular complexity index is 1700. The van der Waals surface area contributed by atoms with E-state index in [9.17, 15) is 18.4 Å². The standard InChI is InChI=1S/C35H33F2N3O4/c1-43-26-14-13-24(31(19-26)44-2)20-40-21-30-32(35(40)42)25(18-29(38-30)33-27(36)7-6-8-28(33)37)17-22-9-11-23(12-10-22)34(41)39-15-4-3-5-16-39/h6-14,18-19H,3-5,15-17,20-21H2,1-2H3. The van der Waals surface area contributed by atoms with E-state index in [0.717, 1.165) is 43.5 Å². The number of halogens is 2. The molecule has 2 aliphatic rings. The molecule has 226 valence electrons. The topological polar surface area (TPSA) is 72.0 Å². The van der Waals surface area contributed by atoms with Crippen molar-refractivity contribution in [3.63, 3.8) is 0 Å². The van der Waals surface area contributed by atoms with E-state index >= 15 is 0 Å². The maximum atomic E-state index is 14.9. The fourth-order valence-corrected chi connectivity index (χ4v) is 6.03. The number of likely N-dealkylation sites (tertiary alicyclic amines) is 1. The molecule has 4 aromatic rings. The van der Waals surface area contributed by atoms with Gasteiger partial charge in [-0.05, 0) is 79.3 Å². The molecule has 0 radical (unpaired) electrons. The molecule has 7 nitrogen and oxygen atoms in total. The number of benzene rings is 3. The van der Waals surface area contributed by atoms with Crippen LogP contribution >= 0.6 is 0 Å². The van der Waals surface area contributed by atoms with Crippen LogP contribution in [0.2, 0.25) is 0 Å². The predicted octanol–water partition coefficient (Wildman–Crippen LogP) is 6.42. The number of aromatic nitrogens is 1. The lowest BCUT2D eigenvalue weighted by Crippen LogP contribution is -2.35. The van der Waals surface area contributed by atoms with E-state index in [0.29, 0.717) is 40.3 Å². The van der Waals surface area contributed by atoms with Crippen molar-refractivity contribution >= 4 is 11.8 Å². The summed E-state index contributed by atoms with van der Waals surface area (Å²) in [5.74, 6) is -0.461. The number of ether oxygens (including phenoxy) is 2. The molecule has 1 saturated heterocycles. The molecule has 9 heteroatoms. The molecule has 44 heavy (non-hydrogen) atoms. The van der Waals surface area contributed by atoms with Crippen molar-refractivity contribution in [3.05, 3.63) is 112 Å². The third-order valence-electron chi connectivity index (χ3n) is 8.33. The molecule has 0 aliphatic carbocycles. The minimum Gasteiger partial charge on any atom is -0.497 e. The van der Waals surface area contributed by atoms with Crippen LogP contribution in [0.1, 0.15) is 62.4 Å². The van der Waals surface area contributed by atoms with Gasteiger partial charge in [0.1, 0.15) is 23.1 Å². The Hall–Kier alpha value is -4.79. The molecule has 1 fully saturated rings. The Morgan fingerprint density at radius 2 is 1.59 bits per heavy atom. The van der Waals surface area contributed by atoms with E-state index in [2.05, 4.69) is 4.98 Å². The molecule has 0 atom stereocenters. The van der Waals surface area contributed by atoms with Gasteiger partial charge in [0.15, 0.2) is 0 Å². The average molecular weight is 598 g/mol. The zero-order valence-corrected chi connectivity index (χ0v) is 24.7. The first kappa shape index (κ1) is 29.3. The summed E-state index contributed by atoms with van der Waals surface area (Å²) >= 11 is 0. The first-order valence-corrected chi connectivity index (χ1v) is 14.7. The number of carbonyl (C=O) groups excluding carboxylic acids is 2. The Kier molecular flexibility index (Phi) is 8.28. The quantitative estimate of drug-likeness (QED) is 0.235. The number of piperidine rings is 1. The molecule has 0 bridgehead atoms. The first-order valence-electron chi connectivity index (χ1n) is 14.7. The van der Waals surface area contributed by atoms with Crippen LogP contribution < -0.4 is 9.47 Å². The summed E-state index contributed by atoms with van der Waals surface area (Å²) in [6.07, 6.45) is 3.48. The van der Waals surface area contributed by atoms with Gasteiger partial charge in [-0.2, -0.15) is 0 Å². The van der Waals surface area contributed by atoms with Gasteiger partial charge in [-0.1, -0.05) is 18.2 Å². The lowest BCUT2D eigenvalue weighted by atomic mass is 9.96. The number of nitrogens with zero attached hydrogens (tertiary/aromatic N) is 3. The van der Waals surface area contributed by atoms with Crippen molar-refractivity contribution in [2.45, 2.75) is 38.8 Å². The van der Waals surface area contributed by atoms with E-state index in [1.807, 2.05) is 23.1 Å². The van der Waals surface area contributed by atoms with Crippen LogP contribution in [0.15, 0.2) is 66.7 Å². The van der Waals surface area contributed by atoms with Crippen molar-refractivity contribution in [1.29, 1.82) is 0 Å². The van der Waals surface area contributed by atoms with Gasteiger partial charge in [0.05, 0.1) is 49.8 Å². The number of fused-ring (bicyclic) bond motifs is 1. The van der Waals surface area contributed by atoms with Crippen LogP contribution in [0.5, 0.6) is 11.5 Å². The summed E-state index contributed by atoms with van der Waals surface area (Å²) in [5, 5.41) is 0. The van der Waals surface area contributed by atoms with Gasteiger partial charge in [0.2, 0.25) is 0 Å². The molecule has 6 rings (SSSR count). The van der Waals surface area contributed by atoms with Gasteiger partial charge in [-0.25, -0.2) is 13.8 Å². The van der Waals surface area contributed by atoms with Crippen molar-refractivity contribution in [1.82, 2.24) is 14.8 Å². The number of hydrogen-bond acceptors (Lipinski definition) is 5. The molecule has 3 heterocycles. The van der Waals surface area contributed by atoms with Gasteiger partial charge < -0.3 is 19.3 Å². The number of carbonyl (C=O) groups is 2. The number of amides is 2. The summed E-state index contributed by atoms with van der Waals surface area (Å²) in [7, 11) is 3.12. The molecule has 3 aromatic carbocycles. The average Bonchev–Trinajstić information content (AvgIpc) is 3.36. The fourth-order valence-electron chi connectivity index (χ4n) is 6.03. The molecule has 0 unspecified atom stereocenters. The van der Waals surface area contributed by atoms with Gasteiger partial charge in [-0.15, -0.1) is 0 Å². The van der Waals surface area contributed by atoms with E-state index < -0.39 is 11.6 Å². The highest BCUT2D eigenvalue weighted by molar-refractivity contribution is 6.00. The zero-order valence-electron chi connectivity index (χ0n) is 24.7. The van der Waals surface area contributed by atoms with Gasteiger partial charge in [0, 0.05) is 30.3 Å².